The molecule has 2 nitrogen and oxygen atoms in total. The standard InChI is InChI=1S/C9H6ClFN2/c10-7-5-12-13(6-7)9-3-1-2-8(11)4-9/h1-6H. The smallest absolute Gasteiger partial charge is 0.125 e. The van der Waals surface area contributed by atoms with E-state index in [1.807, 2.05) is 0 Å². The molecule has 1 heterocycles. The molecule has 0 aliphatic carbocycles. The van der Waals surface area contributed by atoms with Crippen molar-refractivity contribution in [3.8, 4) is 5.69 Å². The van der Waals surface area contributed by atoms with Crippen LogP contribution in [0.4, 0.5) is 4.39 Å². The van der Waals surface area contributed by atoms with Crippen LogP contribution < -0.4 is 0 Å². The first-order valence-electron chi connectivity index (χ1n) is 3.72. The van der Waals surface area contributed by atoms with Crippen LogP contribution >= 0.6 is 11.6 Å². The van der Waals surface area contributed by atoms with E-state index in [0.29, 0.717) is 10.7 Å². The molecule has 0 aliphatic heterocycles. The molecule has 0 saturated heterocycles. The Hall–Kier alpha value is -1.35. The van der Waals surface area contributed by atoms with Crippen molar-refractivity contribution in [2.45, 2.75) is 0 Å². The molecule has 0 aliphatic rings. The van der Waals surface area contributed by atoms with Gasteiger partial charge < -0.3 is 0 Å². The Bertz CT molecular complexity index is 425. The Morgan fingerprint density at radius 2 is 2.23 bits per heavy atom. The fourth-order valence-corrected chi connectivity index (χ4v) is 1.20. The topological polar surface area (TPSA) is 17.8 Å². The average molecular weight is 197 g/mol. The number of hydrogen-bond acceptors (Lipinski definition) is 1. The highest BCUT2D eigenvalue weighted by Gasteiger charge is 1.99. The Morgan fingerprint density at radius 3 is 2.85 bits per heavy atom. The predicted molar refractivity (Wildman–Crippen MR) is 48.5 cm³/mol. The van der Waals surface area contributed by atoms with Crippen molar-refractivity contribution in [2.24, 2.45) is 0 Å². The van der Waals surface area contributed by atoms with Gasteiger partial charge >= 0.3 is 0 Å². The molecule has 4 heteroatoms. The minimum atomic E-state index is -0.288. The van der Waals surface area contributed by atoms with Gasteiger partial charge in [-0.05, 0) is 18.2 Å². The maximum absolute atomic E-state index is 12.8. The fraction of sp³-hybridized carbons (Fsp3) is 0. The van der Waals surface area contributed by atoms with Crippen LogP contribution in [0.25, 0.3) is 5.69 Å². The summed E-state index contributed by atoms with van der Waals surface area (Å²) in [7, 11) is 0. The lowest BCUT2D eigenvalue weighted by Gasteiger charge is -1.99. The normalized spacial score (nSPS) is 10.3. The molecule has 0 spiro atoms. The Labute approximate surface area is 79.6 Å². The maximum Gasteiger partial charge on any atom is 0.125 e. The molecule has 2 rings (SSSR count). The quantitative estimate of drug-likeness (QED) is 0.686. The van der Waals surface area contributed by atoms with Crippen molar-refractivity contribution >= 4 is 11.6 Å². The summed E-state index contributed by atoms with van der Waals surface area (Å²) >= 11 is 5.67. The van der Waals surface area contributed by atoms with Gasteiger partial charge in [-0.1, -0.05) is 17.7 Å². The molecule has 0 atom stereocenters. The van der Waals surface area contributed by atoms with E-state index in [0.717, 1.165) is 0 Å². The molecule has 66 valence electrons. The number of rotatable bonds is 1. The van der Waals surface area contributed by atoms with Crippen molar-refractivity contribution in [3.63, 3.8) is 0 Å². The average Bonchev–Trinajstić information content (AvgIpc) is 2.52. The Balaban J connectivity index is 2.46. The molecule has 0 bridgehead atoms. The molecule has 0 radical (unpaired) electrons. The number of aromatic nitrogens is 2. The largest absolute Gasteiger partial charge is 0.239 e. The zero-order valence-electron chi connectivity index (χ0n) is 6.61. The molecule has 2 aromatic rings. The van der Waals surface area contributed by atoms with Crippen LogP contribution in [0.3, 0.4) is 0 Å². The van der Waals surface area contributed by atoms with Crippen molar-refractivity contribution < 1.29 is 4.39 Å². The monoisotopic (exact) mass is 196 g/mol. The van der Waals surface area contributed by atoms with Crippen LogP contribution in [0.2, 0.25) is 5.02 Å². The summed E-state index contributed by atoms with van der Waals surface area (Å²) in [5, 5.41) is 4.48. The van der Waals surface area contributed by atoms with E-state index in [4.69, 9.17) is 11.6 Å². The summed E-state index contributed by atoms with van der Waals surface area (Å²) in [6.07, 6.45) is 3.13. The molecular weight excluding hydrogens is 191 g/mol. The van der Waals surface area contributed by atoms with Crippen LogP contribution in [-0.4, -0.2) is 9.78 Å². The third-order valence-electron chi connectivity index (χ3n) is 1.62. The zero-order chi connectivity index (χ0) is 9.26. The second-order valence-electron chi connectivity index (χ2n) is 2.58. The second-order valence-corrected chi connectivity index (χ2v) is 3.02. The van der Waals surface area contributed by atoms with E-state index in [2.05, 4.69) is 5.10 Å². The first-order valence-corrected chi connectivity index (χ1v) is 4.09. The van der Waals surface area contributed by atoms with Gasteiger partial charge in [0.05, 0.1) is 16.9 Å². The number of hydrogen-bond donors (Lipinski definition) is 0. The highest BCUT2D eigenvalue weighted by molar-refractivity contribution is 6.30. The molecule has 0 fully saturated rings. The zero-order valence-corrected chi connectivity index (χ0v) is 7.37. The van der Waals surface area contributed by atoms with Gasteiger partial charge in [-0.3, -0.25) is 0 Å². The number of halogens is 2. The van der Waals surface area contributed by atoms with E-state index in [9.17, 15) is 4.39 Å². The minimum absolute atomic E-state index is 0.288. The van der Waals surface area contributed by atoms with Gasteiger partial charge in [-0.15, -0.1) is 0 Å². The van der Waals surface area contributed by atoms with Gasteiger partial charge in [0.25, 0.3) is 0 Å². The summed E-state index contributed by atoms with van der Waals surface area (Å²) in [5.74, 6) is -0.288. The van der Waals surface area contributed by atoms with E-state index >= 15 is 0 Å². The van der Waals surface area contributed by atoms with Crippen molar-refractivity contribution in [1.82, 2.24) is 9.78 Å². The lowest BCUT2D eigenvalue weighted by molar-refractivity contribution is 0.625. The van der Waals surface area contributed by atoms with Crippen LogP contribution in [0.5, 0.6) is 0 Å². The summed E-state index contributed by atoms with van der Waals surface area (Å²) < 4.78 is 14.3. The molecule has 0 unspecified atom stereocenters. The molecule has 1 aromatic heterocycles. The van der Waals surface area contributed by atoms with E-state index in [1.165, 1.54) is 23.0 Å². The molecular formula is C9H6ClFN2. The fourth-order valence-electron chi connectivity index (χ4n) is 1.06. The Morgan fingerprint density at radius 1 is 1.38 bits per heavy atom. The van der Waals surface area contributed by atoms with E-state index < -0.39 is 0 Å². The summed E-state index contributed by atoms with van der Waals surface area (Å²) in [4.78, 5) is 0. The van der Waals surface area contributed by atoms with Crippen LogP contribution in [-0.2, 0) is 0 Å². The van der Waals surface area contributed by atoms with Crippen molar-refractivity contribution in [2.75, 3.05) is 0 Å². The third kappa shape index (κ3) is 1.70. The van der Waals surface area contributed by atoms with Gasteiger partial charge in [-0.25, -0.2) is 9.07 Å². The first kappa shape index (κ1) is 8.26. The predicted octanol–water partition coefficient (Wildman–Crippen LogP) is 2.66. The highest BCUT2D eigenvalue weighted by atomic mass is 35.5. The molecule has 0 N–H and O–H groups in total. The summed E-state index contributed by atoms with van der Waals surface area (Å²) in [6.45, 7) is 0. The van der Waals surface area contributed by atoms with E-state index in [1.54, 1.807) is 18.3 Å². The SMILES string of the molecule is Fc1cccc(-n2cc(Cl)cn2)c1. The third-order valence-corrected chi connectivity index (χ3v) is 1.82. The summed E-state index contributed by atoms with van der Waals surface area (Å²) in [6, 6.07) is 6.16. The van der Waals surface area contributed by atoms with Crippen LogP contribution in [0.15, 0.2) is 36.7 Å². The highest BCUT2D eigenvalue weighted by Crippen LogP contribution is 2.12. The number of benzene rings is 1. The van der Waals surface area contributed by atoms with Crippen LogP contribution in [0, 0.1) is 5.82 Å². The lowest BCUT2D eigenvalue weighted by Crippen LogP contribution is -1.93. The van der Waals surface area contributed by atoms with E-state index in [-0.39, 0.29) is 5.82 Å². The minimum Gasteiger partial charge on any atom is -0.239 e. The van der Waals surface area contributed by atoms with Gasteiger partial charge in [0.2, 0.25) is 0 Å². The summed E-state index contributed by atoms with van der Waals surface area (Å²) in [5.41, 5.74) is 0.659. The van der Waals surface area contributed by atoms with Gasteiger partial charge in [0.1, 0.15) is 5.82 Å². The molecule has 0 amide bonds. The molecule has 0 saturated carbocycles. The van der Waals surface area contributed by atoms with Gasteiger partial charge in [0, 0.05) is 6.20 Å². The maximum atomic E-state index is 12.8. The van der Waals surface area contributed by atoms with Gasteiger partial charge in [-0.2, -0.15) is 5.10 Å². The number of nitrogens with zero attached hydrogens (tertiary/aromatic N) is 2. The lowest BCUT2D eigenvalue weighted by atomic mass is 10.3. The van der Waals surface area contributed by atoms with Crippen molar-refractivity contribution in [1.29, 1.82) is 0 Å². The first-order chi connectivity index (χ1) is 6.25. The Kier molecular flexibility index (Phi) is 2.02. The van der Waals surface area contributed by atoms with Crippen molar-refractivity contribution in [3.05, 3.63) is 47.5 Å². The second kappa shape index (κ2) is 3.18. The van der Waals surface area contributed by atoms with Crippen LogP contribution in [0.1, 0.15) is 0 Å². The van der Waals surface area contributed by atoms with Gasteiger partial charge in [0.15, 0.2) is 0 Å². The molecule has 1 aromatic carbocycles. The molecule has 13 heavy (non-hydrogen) atoms.